The molecule has 0 atom stereocenters. The predicted molar refractivity (Wildman–Crippen MR) is 102 cm³/mol. The van der Waals surface area contributed by atoms with Crippen LogP contribution in [0, 0.1) is 13.8 Å². The Morgan fingerprint density at radius 1 is 0.542 bits per heavy atom. The molecule has 2 nitrogen and oxygen atoms in total. The molecule has 0 radical (unpaired) electrons. The molecule has 0 amide bonds. The third kappa shape index (κ3) is 1.89. The Morgan fingerprint density at radius 2 is 1.12 bits per heavy atom. The first-order chi connectivity index (χ1) is 11.7. The molecule has 0 aromatic heterocycles. The van der Waals surface area contributed by atoms with Gasteiger partial charge in [0.15, 0.2) is 0 Å². The van der Waals surface area contributed by atoms with Crippen LogP contribution in [0.1, 0.15) is 11.1 Å². The maximum absolute atomic E-state index is 5.69. The van der Waals surface area contributed by atoms with Gasteiger partial charge in [-0.3, -0.25) is 0 Å². The third-order valence-corrected chi connectivity index (χ3v) is 5.06. The zero-order valence-corrected chi connectivity index (χ0v) is 14.4. The number of fused-ring (bicyclic) bond motifs is 4. The average Bonchev–Trinajstić information content (AvgIpc) is 2.64. The molecule has 120 valence electrons. The van der Waals surface area contributed by atoms with Gasteiger partial charge in [-0.1, -0.05) is 30.3 Å². The van der Waals surface area contributed by atoms with Gasteiger partial charge in [-0.2, -0.15) is 0 Å². The van der Waals surface area contributed by atoms with E-state index >= 15 is 0 Å². The minimum Gasteiger partial charge on any atom is -0.496 e. The van der Waals surface area contributed by atoms with Crippen molar-refractivity contribution in [2.45, 2.75) is 13.8 Å². The van der Waals surface area contributed by atoms with Gasteiger partial charge >= 0.3 is 0 Å². The van der Waals surface area contributed by atoms with E-state index in [9.17, 15) is 0 Å². The van der Waals surface area contributed by atoms with Crippen LogP contribution < -0.4 is 9.47 Å². The summed E-state index contributed by atoms with van der Waals surface area (Å²) in [5.41, 5.74) is 2.58. The van der Waals surface area contributed by atoms with E-state index in [0.717, 1.165) is 22.3 Å². The van der Waals surface area contributed by atoms with Gasteiger partial charge in [-0.15, -0.1) is 0 Å². The molecule has 0 saturated carbocycles. The summed E-state index contributed by atoms with van der Waals surface area (Å²) in [5, 5.41) is 7.33. The van der Waals surface area contributed by atoms with Crippen molar-refractivity contribution in [2.24, 2.45) is 0 Å². The highest BCUT2D eigenvalue weighted by atomic mass is 16.5. The lowest BCUT2D eigenvalue weighted by atomic mass is 9.89. The summed E-state index contributed by atoms with van der Waals surface area (Å²) < 4.78 is 11.3. The van der Waals surface area contributed by atoms with E-state index in [4.69, 9.17) is 9.47 Å². The first-order valence-corrected chi connectivity index (χ1v) is 8.12. The van der Waals surface area contributed by atoms with E-state index in [0.29, 0.717) is 0 Å². The molecular formula is C22H20O2. The highest BCUT2D eigenvalue weighted by Crippen LogP contribution is 2.42. The van der Waals surface area contributed by atoms with Gasteiger partial charge in [0.2, 0.25) is 0 Å². The summed E-state index contributed by atoms with van der Waals surface area (Å²) >= 11 is 0. The molecule has 4 aromatic rings. The van der Waals surface area contributed by atoms with Crippen LogP contribution in [0.15, 0.2) is 48.5 Å². The fourth-order valence-corrected chi connectivity index (χ4v) is 3.86. The van der Waals surface area contributed by atoms with Crippen molar-refractivity contribution >= 4 is 32.3 Å². The largest absolute Gasteiger partial charge is 0.496 e. The lowest BCUT2D eigenvalue weighted by molar-refractivity contribution is 0.410. The molecule has 0 aliphatic carbocycles. The summed E-state index contributed by atoms with van der Waals surface area (Å²) in [5.74, 6) is 1.76. The lowest BCUT2D eigenvalue weighted by Gasteiger charge is -2.17. The van der Waals surface area contributed by atoms with Gasteiger partial charge in [0.25, 0.3) is 0 Å². The van der Waals surface area contributed by atoms with Crippen LogP contribution in [0.2, 0.25) is 0 Å². The SMILES string of the molecule is COc1ccc(OC)c2c1ccc1c(C)c3ccccc3c(C)c12. The van der Waals surface area contributed by atoms with Crippen molar-refractivity contribution in [1.82, 2.24) is 0 Å². The van der Waals surface area contributed by atoms with Crippen LogP contribution in [-0.4, -0.2) is 14.2 Å². The minimum atomic E-state index is 0.873. The number of hydrogen-bond donors (Lipinski definition) is 0. The van der Waals surface area contributed by atoms with Crippen molar-refractivity contribution in [3.05, 3.63) is 59.7 Å². The van der Waals surface area contributed by atoms with E-state index in [1.165, 1.54) is 32.7 Å². The Bertz CT molecular complexity index is 1090. The van der Waals surface area contributed by atoms with Crippen molar-refractivity contribution in [3.63, 3.8) is 0 Å². The average molecular weight is 316 g/mol. The summed E-state index contributed by atoms with van der Waals surface area (Å²) in [6.07, 6.45) is 0. The van der Waals surface area contributed by atoms with E-state index in [-0.39, 0.29) is 0 Å². The summed E-state index contributed by atoms with van der Waals surface area (Å²) in [7, 11) is 3.44. The second-order valence-corrected chi connectivity index (χ2v) is 6.18. The van der Waals surface area contributed by atoms with Crippen LogP contribution in [0.3, 0.4) is 0 Å². The number of rotatable bonds is 2. The smallest absolute Gasteiger partial charge is 0.127 e. The molecule has 0 heterocycles. The number of aryl methyl sites for hydroxylation is 2. The highest BCUT2D eigenvalue weighted by molar-refractivity contribution is 6.19. The van der Waals surface area contributed by atoms with E-state index in [1.807, 2.05) is 12.1 Å². The molecule has 0 aliphatic rings. The second kappa shape index (κ2) is 5.41. The van der Waals surface area contributed by atoms with E-state index in [1.54, 1.807) is 14.2 Å². The summed E-state index contributed by atoms with van der Waals surface area (Å²) in [6, 6.07) is 16.9. The van der Waals surface area contributed by atoms with E-state index in [2.05, 4.69) is 50.2 Å². The fraction of sp³-hybridized carbons (Fsp3) is 0.182. The second-order valence-electron chi connectivity index (χ2n) is 6.18. The normalized spacial score (nSPS) is 11.3. The third-order valence-electron chi connectivity index (χ3n) is 5.06. The number of hydrogen-bond acceptors (Lipinski definition) is 2. The Hall–Kier alpha value is -2.74. The molecule has 0 saturated heterocycles. The zero-order chi connectivity index (χ0) is 16.8. The van der Waals surface area contributed by atoms with Crippen molar-refractivity contribution in [3.8, 4) is 11.5 Å². The highest BCUT2D eigenvalue weighted by Gasteiger charge is 2.16. The summed E-state index contributed by atoms with van der Waals surface area (Å²) in [4.78, 5) is 0. The molecule has 0 unspecified atom stereocenters. The van der Waals surface area contributed by atoms with Gasteiger partial charge in [0.1, 0.15) is 11.5 Å². The minimum absolute atomic E-state index is 0.873. The molecule has 24 heavy (non-hydrogen) atoms. The quantitative estimate of drug-likeness (QED) is 0.345. The monoisotopic (exact) mass is 316 g/mol. The Labute approximate surface area is 141 Å². The number of methoxy groups -OCH3 is 2. The zero-order valence-electron chi connectivity index (χ0n) is 14.4. The van der Waals surface area contributed by atoms with Gasteiger partial charge in [0, 0.05) is 10.8 Å². The van der Waals surface area contributed by atoms with Crippen LogP contribution in [0.5, 0.6) is 11.5 Å². The first-order valence-electron chi connectivity index (χ1n) is 8.12. The van der Waals surface area contributed by atoms with Crippen LogP contribution in [0.4, 0.5) is 0 Å². The Kier molecular flexibility index (Phi) is 3.34. The molecule has 0 fully saturated rings. The molecule has 2 heteroatoms. The molecular weight excluding hydrogens is 296 g/mol. The predicted octanol–water partition coefficient (Wildman–Crippen LogP) is 5.78. The topological polar surface area (TPSA) is 18.5 Å². The first kappa shape index (κ1) is 14.8. The van der Waals surface area contributed by atoms with Gasteiger partial charge in [0.05, 0.1) is 14.2 Å². The molecule has 4 aromatic carbocycles. The fourth-order valence-electron chi connectivity index (χ4n) is 3.86. The van der Waals surface area contributed by atoms with Crippen molar-refractivity contribution in [1.29, 1.82) is 0 Å². The molecule has 0 spiro atoms. The van der Waals surface area contributed by atoms with Crippen molar-refractivity contribution in [2.75, 3.05) is 14.2 Å². The maximum Gasteiger partial charge on any atom is 0.127 e. The maximum atomic E-state index is 5.69. The van der Waals surface area contributed by atoms with Crippen molar-refractivity contribution < 1.29 is 9.47 Å². The summed E-state index contributed by atoms with van der Waals surface area (Å²) in [6.45, 7) is 4.39. The standard InChI is InChI=1S/C22H20O2/c1-13-15-7-5-6-8-16(15)14(2)21-17(13)9-10-18-19(23-3)11-12-20(24-4)22(18)21/h5-12H,1-4H3. The molecule has 0 bridgehead atoms. The van der Waals surface area contributed by atoms with E-state index < -0.39 is 0 Å². The van der Waals surface area contributed by atoms with Crippen LogP contribution in [-0.2, 0) is 0 Å². The molecule has 0 N–H and O–H groups in total. The van der Waals surface area contributed by atoms with Gasteiger partial charge in [-0.25, -0.2) is 0 Å². The molecule has 0 aliphatic heterocycles. The van der Waals surface area contributed by atoms with Gasteiger partial charge in [-0.05, 0) is 64.7 Å². The van der Waals surface area contributed by atoms with Gasteiger partial charge < -0.3 is 9.47 Å². The number of benzene rings is 4. The van der Waals surface area contributed by atoms with Crippen LogP contribution in [0.25, 0.3) is 32.3 Å². The Balaban J connectivity index is 2.35. The lowest BCUT2D eigenvalue weighted by Crippen LogP contribution is -1.94. The number of ether oxygens (including phenoxy) is 2. The van der Waals surface area contributed by atoms with Crippen LogP contribution >= 0.6 is 0 Å². The molecule has 4 rings (SSSR count). The Morgan fingerprint density at radius 3 is 1.79 bits per heavy atom.